The Labute approximate surface area is 153 Å². The largest absolute Gasteiger partial charge is 0.356 e. The van der Waals surface area contributed by atoms with E-state index in [0.717, 1.165) is 57.1 Å². The Morgan fingerprint density at radius 1 is 0.962 bits per heavy atom. The number of benzene rings is 1. The molecule has 3 aliphatic rings. The number of hydrogen-bond donors (Lipinski definition) is 0. The first-order valence-corrected chi connectivity index (χ1v) is 9.54. The van der Waals surface area contributed by atoms with E-state index in [1.807, 2.05) is 12.3 Å². The molecular weight excluding hydrogens is 328 g/mol. The van der Waals surface area contributed by atoms with Crippen molar-refractivity contribution in [3.63, 3.8) is 0 Å². The second-order valence-electron chi connectivity index (χ2n) is 7.19. The lowest BCUT2D eigenvalue weighted by molar-refractivity contribution is -0.169. The molecule has 0 atom stereocenters. The lowest BCUT2D eigenvalue weighted by Crippen LogP contribution is -2.45. The van der Waals surface area contributed by atoms with Crippen LogP contribution in [0.2, 0.25) is 0 Å². The van der Waals surface area contributed by atoms with Crippen LogP contribution in [0, 0.1) is 0 Å². The molecule has 136 valence electrons. The molecule has 0 radical (unpaired) electrons. The minimum absolute atomic E-state index is 0.349. The van der Waals surface area contributed by atoms with Crippen LogP contribution >= 0.6 is 0 Å². The predicted octanol–water partition coefficient (Wildman–Crippen LogP) is 2.90. The molecule has 1 aromatic carbocycles. The number of piperidine rings is 1. The van der Waals surface area contributed by atoms with Gasteiger partial charge in [-0.15, -0.1) is 0 Å². The Bertz CT molecular complexity index is 781. The maximum atomic E-state index is 5.83. The van der Waals surface area contributed by atoms with E-state index < -0.39 is 0 Å². The average Bonchev–Trinajstić information content (AvgIpc) is 3.16. The highest BCUT2D eigenvalue weighted by atomic mass is 16.7. The Hall–Kier alpha value is -2.18. The molecule has 0 saturated carbocycles. The second kappa shape index (κ2) is 6.52. The third-order valence-corrected chi connectivity index (χ3v) is 5.64. The SMILES string of the molecule is c1ccc2c(c1)CCCN2c1nccc(N2CCC3(CC2)OCCO3)n1. The summed E-state index contributed by atoms with van der Waals surface area (Å²) in [6.07, 6.45) is 5.91. The van der Waals surface area contributed by atoms with Gasteiger partial charge in [0.15, 0.2) is 5.79 Å². The van der Waals surface area contributed by atoms with Gasteiger partial charge in [-0.25, -0.2) is 4.98 Å². The van der Waals surface area contributed by atoms with Crippen molar-refractivity contribution in [2.24, 2.45) is 0 Å². The molecule has 5 rings (SSSR count). The molecule has 2 saturated heterocycles. The number of rotatable bonds is 2. The quantitative estimate of drug-likeness (QED) is 0.828. The fourth-order valence-electron chi connectivity index (χ4n) is 4.25. The summed E-state index contributed by atoms with van der Waals surface area (Å²) >= 11 is 0. The van der Waals surface area contributed by atoms with Gasteiger partial charge in [0.1, 0.15) is 5.82 Å². The van der Waals surface area contributed by atoms with Crippen molar-refractivity contribution in [3.05, 3.63) is 42.1 Å². The van der Waals surface area contributed by atoms with Gasteiger partial charge in [0.05, 0.1) is 13.2 Å². The van der Waals surface area contributed by atoms with Gasteiger partial charge in [-0.1, -0.05) is 18.2 Å². The zero-order valence-corrected chi connectivity index (χ0v) is 14.9. The monoisotopic (exact) mass is 352 g/mol. The molecule has 6 nitrogen and oxygen atoms in total. The van der Waals surface area contributed by atoms with Gasteiger partial charge in [0.2, 0.25) is 5.95 Å². The highest BCUT2D eigenvalue weighted by Crippen LogP contribution is 2.34. The first-order valence-electron chi connectivity index (χ1n) is 9.54. The number of para-hydroxylation sites is 1. The number of fused-ring (bicyclic) bond motifs is 1. The smallest absolute Gasteiger partial charge is 0.231 e. The van der Waals surface area contributed by atoms with E-state index in [1.165, 1.54) is 11.3 Å². The Balaban J connectivity index is 1.37. The molecular formula is C20H24N4O2. The van der Waals surface area contributed by atoms with Crippen molar-refractivity contribution in [2.75, 3.05) is 42.6 Å². The van der Waals surface area contributed by atoms with Crippen molar-refractivity contribution in [1.29, 1.82) is 0 Å². The van der Waals surface area contributed by atoms with E-state index in [9.17, 15) is 0 Å². The van der Waals surface area contributed by atoms with Gasteiger partial charge < -0.3 is 19.3 Å². The molecule has 6 heteroatoms. The molecule has 0 N–H and O–H groups in total. The Morgan fingerprint density at radius 3 is 2.62 bits per heavy atom. The zero-order chi connectivity index (χ0) is 17.4. The van der Waals surface area contributed by atoms with Crippen LogP contribution in [-0.2, 0) is 15.9 Å². The lowest BCUT2D eigenvalue weighted by Gasteiger charge is -2.38. The molecule has 1 spiro atoms. The summed E-state index contributed by atoms with van der Waals surface area (Å²) in [5.74, 6) is 1.44. The normalized spacial score (nSPS) is 21.8. The molecule has 3 aliphatic heterocycles. The second-order valence-corrected chi connectivity index (χ2v) is 7.19. The lowest BCUT2D eigenvalue weighted by atomic mass is 10.0. The molecule has 0 bridgehead atoms. The fourth-order valence-corrected chi connectivity index (χ4v) is 4.25. The number of nitrogens with zero attached hydrogens (tertiary/aromatic N) is 4. The predicted molar refractivity (Wildman–Crippen MR) is 99.9 cm³/mol. The van der Waals surface area contributed by atoms with E-state index >= 15 is 0 Å². The molecule has 1 aromatic heterocycles. The van der Waals surface area contributed by atoms with Gasteiger partial charge in [0, 0.05) is 44.4 Å². The van der Waals surface area contributed by atoms with Crippen molar-refractivity contribution in [1.82, 2.24) is 9.97 Å². The van der Waals surface area contributed by atoms with Gasteiger partial charge >= 0.3 is 0 Å². The third kappa shape index (κ3) is 2.83. The number of ether oxygens (including phenoxy) is 2. The van der Waals surface area contributed by atoms with Crippen LogP contribution in [0.4, 0.5) is 17.5 Å². The highest BCUT2D eigenvalue weighted by molar-refractivity contribution is 5.64. The summed E-state index contributed by atoms with van der Waals surface area (Å²) < 4.78 is 11.7. The molecule has 0 amide bonds. The molecule has 0 aliphatic carbocycles. The minimum atomic E-state index is -0.349. The molecule has 2 fully saturated rings. The number of anilines is 3. The molecule has 26 heavy (non-hydrogen) atoms. The third-order valence-electron chi connectivity index (χ3n) is 5.64. The van der Waals surface area contributed by atoms with Crippen LogP contribution in [0.25, 0.3) is 0 Å². The van der Waals surface area contributed by atoms with Gasteiger partial charge in [-0.2, -0.15) is 4.98 Å². The number of hydrogen-bond acceptors (Lipinski definition) is 6. The van der Waals surface area contributed by atoms with Crippen LogP contribution in [0.5, 0.6) is 0 Å². The summed E-state index contributed by atoms with van der Waals surface area (Å²) in [5.41, 5.74) is 2.62. The average molecular weight is 352 g/mol. The van der Waals surface area contributed by atoms with E-state index in [-0.39, 0.29) is 5.79 Å². The standard InChI is InChI=1S/C20H24N4O2/c1-2-6-17-16(4-1)5-3-11-24(17)19-21-10-7-18(22-19)23-12-8-20(9-13-23)25-14-15-26-20/h1-2,4,6-7,10H,3,5,8-9,11-15H2. The zero-order valence-electron chi connectivity index (χ0n) is 14.9. The van der Waals surface area contributed by atoms with E-state index in [0.29, 0.717) is 13.2 Å². The first kappa shape index (κ1) is 16.0. The van der Waals surface area contributed by atoms with Crippen LogP contribution in [0.15, 0.2) is 36.5 Å². The highest BCUT2D eigenvalue weighted by Gasteiger charge is 2.40. The Morgan fingerprint density at radius 2 is 1.77 bits per heavy atom. The van der Waals surface area contributed by atoms with Crippen molar-refractivity contribution in [3.8, 4) is 0 Å². The summed E-state index contributed by atoms with van der Waals surface area (Å²) in [7, 11) is 0. The number of aromatic nitrogens is 2. The van der Waals surface area contributed by atoms with E-state index in [4.69, 9.17) is 14.5 Å². The minimum Gasteiger partial charge on any atom is -0.356 e. The van der Waals surface area contributed by atoms with Gasteiger partial charge in [-0.3, -0.25) is 0 Å². The van der Waals surface area contributed by atoms with Crippen LogP contribution in [0.3, 0.4) is 0 Å². The summed E-state index contributed by atoms with van der Waals surface area (Å²) in [5, 5.41) is 0. The fraction of sp³-hybridized carbons (Fsp3) is 0.500. The maximum absolute atomic E-state index is 5.83. The number of aryl methyl sites for hydroxylation is 1. The maximum Gasteiger partial charge on any atom is 0.231 e. The summed E-state index contributed by atoms with van der Waals surface area (Å²) in [6.45, 7) is 4.18. The molecule has 2 aromatic rings. The van der Waals surface area contributed by atoms with E-state index in [1.54, 1.807) is 0 Å². The van der Waals surface area contributed by atoms with Crippen molar-refractivity contribution >= 4 is 17.5 Å². The summed E-state index contributed by atoms with van der Waals surface area (Å²) in [6, 6.07) is 10.6. The van der Waals surface area contributed by atoms with Gasteiger partial charge in [-0.05, 0) is 30.5 Å². The van der Waals surface area contributed by atoms with Crippen molar-refractivity contribution < 1.29 is 9.47 Å². The van der Waals surface area contributed by atoms with Crippen LogP contribution in [0.1, 0.15) is 24.8 Å². The molecule has 0 unspecified atom stereocenters. The topological polar surface area (TPSA) is 50.7 Å². The summed E-state index contributed by atoms with van der Waals surface area (Å²) in [4.78, 5) is 14.0. The Kier molecular flexibility index (Phi) is 4.02. The van der Waals surface area contributed by atoms with Crippen LogP contribution in [-0.4, -0.2) is 48.6 Å². The van der Waals surface area contributed by atoms with Crippen LogP contribution < -0.4 is 9.80 Å². The van der Waals surface area contributed by atoms with Gasteiger partial charge in [0.25, 0.3) is 0 Å². The van der Waals surface area contributed by atoms with E-state index in [2.05, 4.69) is 39.0 Å². The molecule has 4 heterocycles. The van der Waals surface area contributed by atoms with Crippen molar-refractivity contribution in [2.45, 2.75) is 31.5 Å². The first-order chi connectivity index (χ1) is 12.8.